The Balaban J connectivity index is 1.92. The van der Waals surface area contributed by atoms with Crippen LogP contribution in [0, 0.1) is 5.92 Å². The molecule has 0 radical (unpaired) electrons. The van der Waals surface area contributed by atoms with Crippen molar-refractivity contribution in [3.05, 3.63) is 24.0 Å². The Bertz CT molecular complexity index is 449. The van der Waals surface area contributed by atoms with E-state index in [0.29, 0.717) is 24.2 Å². The molecule has 1 heterocycles. The molecule has 0 saturated heterocycles. The van der Waals surface area contributed by atoms with Crippen LogP contribution in [0.5, 0.6) is 0 Å². The van der Waals surface area contributed by atoms with Gasteiger partial charge in [-0.25, -0.2) is 0 Å². The van der Waals surface area contributed by atoms with Crippen LogP contribution in [0.25, 0.3) is 0 Å². The third-order valence-electron chi connectivity index (χ3n) is 3.87. The number of hydrogen-bond donors (Lipinski definition) is 3. The minimum Gasteiger partial charge on any atom is -0.385 e. The van der Waals surface area contributed by atoms with Gasteiger partial charge in [0.15, 0.2) is 0 Å². The molecule has 0 bridgehead atoms. The van der Waals surface area contributed by atoms with Gasteiger partial charge in [0.05, 0.1) is 0 Å². The van der Waals surface area contributed by atoms with Crippen molar-refractivity contribution in [3.8, 4) is 0 Å². The lowest BCUT2D eigenvalue weighted by molar-refractivity contribution is 0.0951. The molecular formula is C15H24N4O. The highest BCUT2D eigenvalue weighted by Crippen LogP contribution is 2.23. The molecule has 2 unspecified atom stereocenters. The summed E-state index contributed by atoms with van der Waals surface area (Å²) in [5, 5.41) is 6.13. The number of anilines is 1. The molecule has 1 aromatic rings. The maximum absolute atomic E-state index is 11.7. The highest BCUT2D eigenvalue weighted by molar-refractivity contribution is 5.93. The molecular weight excluding hydrogens is 252 g/mol. The van der Waals surface area contributed by atoms with Crippen LogP contribution in [0.1, 0.15) is 43.1 Å². The Labute approximate surface area is 120 Å². The maximum atomic E-state index is 11.7. The number of nitrogens with two attached hydrogens (primary N) is 1. The molecule has 1 saturated carbocycles. The number of aromatic nitrogens is 1. The van der Waals surface area contributed by atoms with E-state index in [2.05, 4.69) is 15.6 Å². The summed E-state index contributed by atoms with van der Waals surface area (Å²) in [5.74, 6) is 0.385. The predicted octanol–water partition coefficient (Wildman–Crippen LogP) is 1.76. The van der Waals surface area contributed by atoms with Crippen molar-refractivity contribution in [1.82, 2.24) is 10.3 Å². The molecule has 4 N–H and O–H groups in total. The Hall–Kier alpha value is -1.62. The molecule has 20 heavy (non-hydrogen) atoms. The second kappa shape index (κ2) is 7.24. The number of rotatable bonds is 5. The molecule has 1 aromatic heterocycles. The highest BCUT2D eigenvalue weighted by Gasteiger charge is 2.21. The summed E-state index contributed by atoms with van der Waals surface area (Å²) >= 11 is 0. The first-order valence-corrected chi connectivity index (χ1v) is 7.44. The van der Waals surface area contributed by atoms with Gasteiger partial charge in [0.2, 0.25) is 0 Å². The summed E-state index contributed by atoms with van der Waals surface area (Å²) in [5.41, 5.74) is 7.52. The minimum atomic E-state index is -0.134. The third-order valence-corrected chi connectivity index (χ3v) is 3.87. The monoisotopic (exact) mass is 276 g/mol. The summed E-state index contributed by atoms with van der Waals surface area (Å²) in [6.07, 6.45) is 6.47. The van der Waals surface area contributed by atoms with Gasteiger partial charge in [0.1, 0.15) is 5.69 Å². The Kier molecular flexibility index (Phi) is 5.35. The van der Waals surface area contributed by atoms with Crippen molar-refractivity contribution >= 4 is 11.6 Å². The fraction of sp³-hybridized carbons (Fsp3) is 0.600. The number of pyridine rings is 1. The Morgan fingerprint density at radius 2 is 2.25 bits per heavy atom. The summed E-state index contributed by atoms with van der Waals surface area (Å²) in [6, 6.07) is 3.97. The third kappa shape index (κ3) is 3.93. The number of carbonyl (C=O) groups excluding carboxylic acids is 1. The van der Waals surface area contributed by atoms with E-state index >= 15 is 0 Å². The standard InChI is InChI=1S/C15H24N4O/c1-2-17-15(20)14-9-12(7-8-18-14)19-10-11-5-3-4-6-13(11)16/h7-9,11,13H,2-6,10,16H2,1H3,(H,17,20)(H,18,19). The Morgan fingerprint density at radius 1 is 1.45 bits per heavy atom. The maximum Gasteiger partial charge on any atom is 0.269 e. The van der Waals surface area contributed by atoms with Crippen LogP contribution in [0.15, 0.2) is 18.3 Å². The Morgan fingerprint density at radius 3 is 3.00 bits per heavy atom. The molecule has 2 rings (SSSR count). The van der Waals surface area contributed by atoms with E-state index in [0.717, 1.165) is 18.7 Å². The van der Waals surface area contributed by atoms with E-state index in [1.807, 2.05) is 13.0 Å². The van der Waals surface area contributed by atoms with Gasteiger partial charge in [-0.3, -0.25) is 9.78 Å². The fourth-order valence-electron chi connectivity index (χ4n) is 2.65. The van der Waals surface area contributed by atoms with E-state index in [1.54, 1.807) is 12.3 Å². The number of carbonyl (C=O) groups is 1. The van der Waals surface area contributed by atoms with Gasteiger partial charge < -0.3 is 16.4 Å². The van der Waals surface area contributed by atoms with E-state index in [-0.39, 0.29) is 5.91 Å². The van der Waals surface area contributed by atoms with Crippen LogP contribution in [-0.4, -0.2) is 30.0 Å². The number of nitrogens with zero attached hydrogens (tertiary/aromatic N) is 1. The largest absolute Gasteiger partial charge is 0.385 e. The summed E-state index contributed by atoms with van der Waals surface area (Å²) in [6.45, 7) is 3.36. The lowest BCUT2D eigenvalue weighted by Crippen LogP contribution is -2.37. The number of amides is 1. The van der Waals surface area contributed by atoms with Crippen molar-refractivity contribution < 1.29 is 4.79 Å². The molecule has 5 nitrogen and oxygen atoms in total. The molecule has 1 amide bonds. The summed E-state index contributed by atoms with van der Waals surface area (Å²) < 4.78 is 0. The smallest absolute Gasteiger partial charge is 0.269 e. The molecule has 1 fully saturated rings. The second-order valence-corrected chi connectivity index (χ2v) is 5.38. The van der Waals surface area contributed by atoms with Crippen LogP contribution >= 0.6 is 0 Å². The van der Waals surface area contributed by atoms with Crippen molar-refractivity contribution in [2.24, 2.45) is 11.7 Å². The topological polar surface area (TPSA) is 80.0 Å². The summed E-state index contributed by atoms with van der Waals surface area (Å²) in [7, 11) is 0. The van der Waals surface area contributed by atoms with Crippen molar-refractivity contribution in [2.75, 3.05) is 18.4 Å². The van der Waals surface area contributed by atoms with Crippen molar-refractivity contribution in [1.29, 1.82) is 0 Å². The van der Waals surface area contributed by atoms with E-state index < -0.39 is 0 Å². The van der Waals surface area contributed by atoms with Gasteiger partial charge in [-0.05, 0) is 37.8 Å². The predicted molar refractivity (Wildman–Crippen MR) is 80.7 cm³/mol. The first-order chi connectivity index (χ1) is 9.70. The van der Waals surface area contributed by atoms with Gasteiger partial charge in [0.25, 0.3) is 5.91 Å². The van der Waals surface area contributed by atoms with Crippen LogP contribution < -0.4 is 16.4 Å². The van der Waals surface area contributed by atoms with Crippen LogP contribution in [0.3, 0.4) is 0 Å². The lowest BCUT2D eigenvalue weighted by Gasteiger charge is -2.28. The van der Waals surface area contributed by atoms with Crippen LogP contribution in [-0.2, 0) is 0 Å². The lowest BCUT2D eigenvalue weighted by atomic mass is 9.85. The molecule has 0 aromatic carbocycles. The zero-order valence-corrected chi connectivity index (χ0v) is 12.1. The first kappa shape index (κ1) is 14.8. The molecule has 1 aliphatic carbocycles. The minimum absolute atomic E-state index is 0.134. The summed E-state index contributed by atoms with van der Waals surface area (Å²) in [4.78, 5) is 15.8. The van der Waals surface area contributed by atoms with E-state index in [4.69, 9.17) is 5.73 Å². The highest BCUT2D eigenvalue weighted by atomic mass is 16.1. The first-order valence-electron chi connectivity index (χ1n) is 7.44. The molecule has 1 aliphatic rings. The molecule has 0 spiro atoms. The van der Waals surface area contributed by atoms with Gasteiger partial charge in [-0.1, -0.05) is 12.8 Å². The number of hydrogen-bond acceptors (Lipinski definition) is 4. The van der Waals surface area contributed by atoms with E-state index in [9.17, 15) is 4.79 Å². The van der Waals surface area contributed by atoms with Gasteiger partial charge >= 0.3 is 0 Å². The normalized spacial score (nSPS) is 22.3. The molecule has 0 aliphatic heterocycles. The molecule has 5 heteroatoms. The van der Waals surface area contributed by atoms with Gasteiger partial charge in [0, 0.05) is 31.0 Å². The van der Waals surface area contributed by atoms with Crippen LogP contribution in [0.2, 0.25) is 0 Å². The SMILES string of the molecule is CCNC(=O)c1cc(NCC2CCCCC2N)ccn1. The number of nitrogens with one attached hydrogen (secondary N) is 2. The quantitative estimate of drug-likeness (QED) is 0.765. The zero-order chi connectivity index (χ0) is 14.4. The zero-order valence-electron chi connectivity index (χ0n) is 12.1. The molecule has 110 valence electrons. The van der Waals surface area contributed by atoms with Crippen LogP contribution in [0.4, 0.5) is 5.69 Å². The van der Waals surface area contributed by atoms with Gasteiger partial charge in [-0.15, -0.1) is 0 Å². The average molecular weight is 276 g/mol. The average Bonchev–Trinajstić information content (AvgIpc) is 2.47. The second-order valence-electron chi connectivity index (χ2n) is 5.38. The fourth-order valence-corrected chi connectivity index (χ4v) is 2.65. The van der Waals surface area contributed by atoms with Crippen molar-refractivity contribution in [3.63, 3.8) is 0 Å². The van der Waals surface area contributed by atoms with Crippen molar-refractivity contribution in [2.45, 2.75) is 38.6 Å². The molecule has 2 atom stereocenters. The van der Waals surface area contributed by atoms with Gasteiger partial charge in [-0.2, -0.15) is 0 Å². The van der Waals surface area contributed by atoms with E-state index in [1.165, 1.54) is 19.3 Å².